The van der Waals surface area contributed by atoms with Crippen LogP contribution in [0.1, 0.15) is 6.42 Å². The summed E-state index contributed by atoms with van der Waals surface area (Å²) >= 11 is 0. The van der Waals surface area contributed by atoms with Crippen molar-refractivity contribution in [3.63, 3.8) is 0 Å². The lowest BCUT2D eigenvalue weighted by Gasteiger charge is -2.03. The molecule has 2 N–H and O–H groups in total. The maximum Gasteiger partial charge on any atom is 0.340 e. The molecule has 0 spiro atoms. The largest absolute Gasteiger partial charge is 0.481 e. The van der Waals surface area contributed by atoms with Crippen LogP contribution in [-0.4, -0.2) is 28.3 Å². The van der Waals surface area contributed by atoms with Gasteiger partial charge in [-0.1, -0.05) is 6.58 Å². The minimum absolute atomic E-state index is 0.660. The van der Waals surface area contributed by atoms with Gasteiger partial charge in [0.2, 0.25) is 0 Å². The highest BCUT2D eigenvalue weighted by Gasteiger charge is 2.18. The van der Waals surface area contributed by atoms with Gasteiger partial charge in [-0.2, -0.15) is 0 Å². The van der Waals surface area contributed by atoms with Crippen LogP contribution in [0.25, 0.3) is 0 Å². The molecule has 0 radical (unpaired) electrons. The number of esters is 1. The number of aliphatic hydroxyl groups is 1. The van der Waals surface area contributed by atoms with Crippen molar-refractivity contribution in [1.29, 1.82) is 0 Å². The zero-order valence-corrected chi connectivity index (χ0v) is 5.69. The molecule has 0 saturated heterocycles. The van der Waals surface area contributed by atoms with Gasteiger partial charge in [0.1, 0.15) is 0 Å². The third kappa shape index (κ3) is 4.10. The van der Waals surface area contributed by atoms with Gasteiger partial charge in [0.25, 0.3) is 0 Å². The standard InChI is InChI=1S/C6H8O5/c1-2-11-6(10)4(7)3-5(8)9/h2,4,7H,1,3H2,(H,8,9). The number of hydrogen-bond acceptors (Lipinski definition) is 4. The lowest BCUT2D eigenvalue weighted by atomic mass is 10.2. The van der Waals surface area contributed by atoms with Crippen molar-refractivity contribution < 1.29 is 24.5 Å². The molecule has 0 heterocycles. The van der Waals surface area contributed by atoms with Gasteiger partial charge in [0.05, 0.1) is 12.7 Å². The van der Waals surface area contributed by atoms with Crippen molar-refractivity contribution in [3.05, 3.63) is 12.8 Å². The Morgan fingerprint density at radius 3 is 2.55 bits per heavy atom. The highest BCUT2D eigenvalue weighted by atomic mass is 16.5. The number of carboxylic acids is 1. The van der Waals surface area contributed by atoms with Crippen LogP contribution in [0, 0.1) is 0 Å². The Hall–Kier alpha value is -1.36. The van der Waals surface area contributed by atoms with Crippen molar-refractivity contribution in [2.45, 2.75) is 12.5 Å². The van der Waals surface area contributed by atoms with Crippen LogP contribution in [0.4, 0.5) is 0 Å². The van der Waals surface area contributed by atoms with E-state index in [2.05, 4.69) is 11.3 Å². The molecular weight excluding hydrogens is 152 g/mol. The van der Waals surface area contributed by atoms with Crippen LogP contribution < -0.4 is 0 Å². The summed E-state index contributed by atoms with van der Waals surface area (Å²) in [5.74, 6) is -2.28. The topological polar surface area (TPSA) is 83.8 Å². The maximum atomic E-state index is 10.5. The van der Waals surface area contributed by atoms with Gasteiger partial charge in [-0.15, -0.1) is 0 Å². The Morgan fingerprint density at radius 2 is 2.18 bits per heavy atom. The van der Waals surface area contributed by atoms with Crippen LogP contribution in [0.5, 0.6) is 0 Å². The molecule has 0 aliphatic heterocycles. The number of aliphatic carboxylic acids is 1. The van der Waals surface area contributed by atoms with E-state index in [-0.39, 0.29) is 0 Å². The lowest BCUT2D eigenvalue weighted by Crippen LogP contribution is -2.24. The van der Waals surface area contributed by atoms with Gasteiger partial charge >= 0.3 is 11.9 Å². The highest BCUT2D eigenvalue weighted by molar-refractivity contribution is 5.80. The van der Waals surface area contributed by atoms with E-state index in [4.69, 9.17) is 10.2 Å². The van der Waals surface area contributed by atoms with E-state index in [1.54, 1.807) is 0 Å². The molecule has 1 unspecified atom stereocenters. The Labute approximate surface area is 62.9 Å². The summed E-state index contributed by atoms with van der Waals surface area (Å²) < 4.78 is 4.12. The van der Waals surface area contributed by atoms with Gasteiger partial charge in [-0.25, -0.2) is 4.79 Å². The van der Waals surface area contributed by atoms with E-state index < -0.39 is 24.5 Å². The van der Waals surface area contributed by atoms with Gasteiger partial charge in [-0.3, -0.25) is 4.79 Å². The first kappa shape index (κ1) is 9.64. The van der Waals surface area contributed by atoms with Crippen LogP contribution in [0.3, 0.4) is 0 Å². The molecule has 5 nitrogen and oxygen atoms in total. The minimum atomic E-state index is -1.62. The molecule has 0 aromatic heterocycles. The number of carbonyl (C=O) groups is 2. The average Bonchev–Trinajstić information content (AvgIpc) is 1.86. The summed E-state index contributed by atoms with van der Waals surface area (Å²) in [4.78, 5) is 20.4. The number of aliphatic hydroxyl groups excluding tert-OH is 1. The fourth-order valence-electron chi connectivity index (χ4n) is 0.409. The Morgan fingerprint density at radius 1 is 1.64 bits per heavy atom. The molecule has 0 aromatic rings. The highest BCUT2D eigenvalue weighted by Crippen LogP contribution is 1.94. The molecule has 0 bridgehead atoms. The van der Waals surface area contributed by atoms with E-state index in [1.165, 1.54) is 0 Å². The summed E-state index contributed by atoms with van der Waals surface area (Å²) in [6.45, 7) is 3.06. The van der Waals surface area contributed by atoms with Crippen molar-refractivity contribution in [1.82, 2.24) is 0 Å². The zero-order valence-electron chi connectivity index (χ0n) is 5.69. The molecule has 1 atom stereocenters. The molecular formula is C6H8O5. The molecule has 0 fully saturated rings. The first-order valence-electron chi connectivity index (χ1n) is 2.79. The smallest absolute Gasteiger partial charge is 0.340 e. The summed E-state index contributed by atoms with van der Waals surface area (Å²) in [5, 5.41) is 16.8. The molecule has 0 aliphatic rings. The number of carboxylic acid groups (broad SMARTS) is 1. The number of rotatable bonds is 4. The van der Waals surface area contributed by atoms with Gasteiger partial charge in [0, 0.05) is 0 Å². The van der Waals surface area contributed by atoms with E-state index in [0.717, 1.165) is 6.26 Å². The maximum absolute atomic E-state index is 10.5. The second kappa shape index (κ2) is 4.45. The van der Waals surface area contributed by atoms with E-state index >= 15 is 0 Å². The summed E-state index contributed by atoms with van der Waals surface area (Å²) in [7, 11) is 0. The Kier molecular flexibility index (Phi) is 3.90. The molecule has 0 aromatic carbocycles. The molecule has 0 aliphatic carbocycles. The molecule has 0 amide bonds. The predicted molar refractivity (Wildman–Crippen MR) is 34.5 cm³/mol. The molecule has 11 heavy (non-hydrogen) atoms. The van der Waals surface area contributed by atoms with Crippen molar-refractivity contribution >= 4 is 11.9 Å². The normalized spacial score (nSPS) is 11.7. The summed E-state index contributed by atoms with van der Waals surface area (Å²) in [6, 6.07) is 0. The minimum Gasteiger partial charge on any atom is -0.481 e. The second-order valence-corrected chi connectivity index (χ2v) is 1.72. The SMILES string of the molecule is C=COC(=O)C(O)CC(=O)O. The number of ether oxygens (including phenoxy) is 1. The molecule has 0 saturated carbocycles. The van der Waals surface area contributed by atoms with Crippen LogP contribution in [0.15, 0.2) is 12.8 Å². The quantitative estimate of drug-likeness (QED) is 0.428. The van der Waals surface area contributed by atoms with Crippen molar-refractivity contribution in [2.75, 3.05) is 0 Å². The molecule has 5 heteroatoms. The summed E-state index contributed by atoms with van der Waals surface area (Å²) in [6.07, 6.45) is -1.45. The van der Waals surface area contributed by atoms with E-state index in [0.29, 0.717) is 0 Å². The van der Waals surface area contributed by atoms with E-state index in [1.807, 2.05) is 0 Å². The third-order valence-electron chi connectivity index (χ3n) is 0.840. The van der Waals surface area contributed by atoms with Gasteiger partial charge in [-0.05, 0) is 0 Å². The summed E-state index contributed by atoms with van der Waals surface area (Å²) in [5.41, 5.74) is 0. The monoisotopic (exact) mass is 160 g/mol. The van der Waals surface area contributed by atoms with E-state index in [9.17, 15) is 9.59 Å². The second-order valence-electron chi connectivity index (χ2n) is 1.72. The van der Waals surface area contributed by atoms with Gasteiger partial charge in [0.15, 0.2) is 6.10 Å². The molecule has 0 rings (SSSR count). The van der Waals surface area contributed by atoms with Gasteiger partial charge < -0.3 is 14.9 Å². The number of hydrogen-bond donors (Lipinski definition) is 2. The Balaban J connectivity index is 3.81. The fraction of sp³-hybridized carbons (Fsp3) is 0.333. The van der Waals surface area contributed by atoms with Crippen LogP contribution in [-0.2, 0) is 14.3 Å². The van der Waals surface area contributed by atoms with Crippen molar-refractivity contribution in [2.24, 2.45) is 0 Å². The predicted octanol–water partition coefficient (Wildman–Crippen LogP) is -0.491. The lowest BCUT2D eigenvalue weighted by molar-refractivity contribution is -0.153. The fourth-order valence-corrected chi connectivity index (χ4v) is 0.409. The van der Waals surface area contributed by atoms with Crippen molar-refractivity contribution in [3.8, 4) is 0 Å². The first-order chi connectivity index (χ1) is 5.07. The first-order valence-corrected chi connectivity index (χ1v) is 2.79. The van der Waals surface area contributed by atoms with Crippen LogP contribution >= 0.6 is 0 Å². The Bertz CT molecular complexity index is 174. The van der Waals surface area contributed by atoms with Crippen LogP contribution in [0.2, 0.25) is 0 Å². The third-order valence-corrected chi connectivity index (χ3v) is 0.840. The molecule has 62 valence electrons. The zero-order chi connectivity index (χ0) is 8.85. The average molecular weight is 160 g/mol. The number of carbonyl (C=O) groups excluding carboxylic acids is 1.